The monoisotopic (exact) mass is 393 g/mol. The summed E-state index contributed by atoms with van der Waals surface area (Å²) >= 11 is 0. The van der Waals surface area contributed by atoms with Crippen LogP contribution < -0.4 is 11.1 Å². The van der Waals surface area contributed by atoms with Crippen molar-refractivity contribution in [3.63, 3.8) is 0 Å². The molecule has 1 unspecified atom stereocenters. The lowest BCUT2D eigenvalue weighted by Gasteiger charge is -2.38. The van der Waals surface area contributed by atoms with Crippen molar-refractivity contribution in [3.05, 3.63) is 47.9 Å². The van der Waals surface area contributed by atoms with Crippen LogP contribution in [0.5, 0.6) is 0 Å². The third kappa shape index (κ3) is 4.55. The van der Waals surface area contributed by atoms with Gasteiger partial charge < -0.3 is 16.0 Å². The molecule has 29 heavy (non-hydrogen) atoms. The minimum atomic E-state index is 0.267. The highest BCUT2D eigenvalue weighted by atomic mass is 15.3. The third-order valence-corrected chi connectivity index (χ3v) is 6.37. The molecule has 3 heterocycles. The van der Waals surface area contributed by atoms with Crippen LogP contribution in [0.15, 0.2) is 47.4 Å². The minimum absolute atomic E-state index is 0.267. The van der Waals surface area contributed by atoms with Crippen LogP contribution in [0, 0.1) is 5.41 Å². The Morgan fingerprint density at radius 1 is 1.45 bits per heavy atom. The molecule has 1 aromatic rings. The maximum Gasteiger partial charge on any atom is 0.133 e. The van der Waals surface area contributed by atoms with Gasteiger partial charge in [0.1, 0.15) is 17.5 Å². The highest BCUT2D eigenvalue weighted by Gasteiger charge is 2.55. The summed E-state index contributed by atoms with van der Waals surface area (Å²) in [7, 11) is 0. The van der Waals surface area contributed by atoms with E-state index in [2.05, 4.69) is 47.3 Å². The first kappa shape index (κ1) is 20.1. The number of nitrogens with two attached hydrogens (primary N) is 1. The lowest BCUT2D eigenvalue weighted by Crippen LogP contribution is -2.38. The topological polar surface area (TPSA) is 66.5 Å². The summed E-state index contributed by atoms with van der Waals surface area (Å²) in [5.41, 5.74) is 7.90. The zero-order valence-corrected chi connectivity index (χ0v) is 18.1. The molecular formula is C24H35N5. The molecular weight excluding hydrogens is 358 g/mol. The van der Waals surface area contributed by atoms with Gasteiger partial charge in [0.15, 0.2) is 0 Å². The Kier molecular flexibility index (Phi) is 5.77. The highest BCUT2D eigenvalue weighted by Crippen LogP contribution is 2.55. The largest absolute Gasteiger partial charge is 0.353 e. The van der Waals surface area contributed by atoms with Gasteiger partial charge >= 0.3 is 0 Å². The van der Waals surface area contributed by atoms with E-state index in [0.29, 0.717) is 17.4 Å². The number of pyridine rings is 1. The number of hydrogen-bond acceptors (Lipinski definition) is 4. The van der Waals surface area contributed by atoms with E-state index in [1.54, 1.807) is 0 Å². The Balaban J connectivity index is 1.53. The first-order valence-corrected chi connectivity index (χ1v) is 11.2. The number of rotatable bonds is 8. The zero-order chi connectivity index (χ0) is 20.4. The van der Waals surface area contributed by atoms with Crippen molar-refractivity contribution in [1.29, 1.82) is 0 Å². The van der Waals surface area contributed by atoms with Gasteiger partial charge in [0.25, 0.3) is 0 Å². The first-order valence-electron chi connectivity index (χ1n) is 11.2. The van der Waals surface area contributed by atoms with Crippen molar-refractivity contribution >= 4 is 11.7 Å². The smallest absolute Gasteiger partial charge is 0.133 e. The van der Waals surface area contributed by atoms with Crippen LogP contribution in [0.1, 0.15) is 70.8 Å². The number of aliphatic imine (C=N–C) groups is 1. The van der Waals surface area contributed by atoms with E-state index in [1.807, 2.05) is 25.3 Å². The lowest BCUT2D eigenvalue weighted by atomic mass is 9.67. The van der Waals surface area contributed by atoms with Gasteiger partial charge in [0, 0.05) is 24.8 Å². The van der Waals surface area contributed by atoms with Crippen molar-refractivity contribution in [3.8, 4) is 0 Å². The van der Waals surface area contributed by atoms with Crippen LogP contribution in [0.3, 0.4) is 0 Å². The highest BCUT2D eigenvalue weighted by molar-refractivity contribution is 6.03. The molecule has 3 N–H and O–H groups in total. The maximum absolute atomic E-state index is 6.12. The normalized spacial score (nSPS) is 28.0. The van der Waals surface area contributed by atoms with E-state index in [0.717, 1.165) is 36.9 Å². The SMILES string of the molecule is C\C=C/C(=N\C(=C\CC)N1CC2(CC(C)N)CC1C2)Nc1cc(C2CC2)ccn1. The molecule has 2 aliphatic carbocycles. The van der Waals surface area contributed by atoms with Gasteiger partial charge in [-0.05, 0) is 93.6 Å². The van der Waals surface area contributed by atoms with Gasteiger partial charge in [0.2, 0.25) is 0 Å². The molecule has 1 aromatic heterocycles. The second kappa shape index (κ2) is 8.31. The molecule has 0 aromatic carbocycles. The molecule has 1 atom stereocenters. The summed E-state index contributed by atoms with van der Waals surface area (Å²) in [5, 5.41) is 3.45. The summed E-state index contributed by atoms with van der Waals surface area (Å²) in [4.78, 5) is 12.1. The molecule has 0 radical (unpaired) electrons. The molecule has 2 bridgehead atoms. The van der Waals surface area contributed by atoms with Crippen LogP contribution >= 0.6 is 0 Å². The minimum Gasteiger partial charge on any atom is -0.353 e. The molecule has 0 spiro atoms. The Labute approximate surface area is 175 Å². The molecule has 5 heteroatoms. The molecule has 4 aliphatic rings. The summed E-state index contributed by atoms with van der Waals surface area (Å²) in [5.74, 6) is 3.52. The number of anilines is 1. The fourth-order valence-electron chi connectivity index (χ4n) is 5.08. The maximum atomic E-state index is 6.12. The van der Waals surface area contributed by atoms with Crippen LogP contribution in [0.25, 0.3) is 0 Å². The van der Waals surface area contributed by atoms with Crippen LogP contribution in [0.2, 0.25) is 0 Å². The molecule has 2 saturated heterocycles. The quantitative estimate of drug-likeness (QED) is 0.492. The average molecular weight is 394 g/mol. The van der Waals surface area contributed by atoms with E-state index >= 15 is 0 Å². The number of hydrogen-bond donors (Lipinski definition) is 2. The molecule has 156 valence electrons. The summed E-state index contributed by atoms with van der Waals surface area (Å²) < 4.78 is 0. The molecule has 0 amide bonds. The summed E-state index contributed by atoms with van der Waals surface area (Å²) in [6.45, 7) is 7.41. The second-order valence-corrected chi connectivity index (χ2v) is 9.21. The molecule has 5 nitrogen and oxygen atoms in total. The van der Waals surface area contributed by atoms with Crippen molar-refractivity contribution in [1.82, 2.24) is 9.88 Å². The standard InChI is InChI=1S/C24H35N5/c1-4-6-21(27-22-12-19(10-11-26-22)18-8-9-18)28-23(7-5-2)29-16-24(13-17(3)25)14-20(29)15-24/h4,6-7,10-12,17-18,20H,5,8-9,13-16,25H2,1-3H3,(H,26,27,28)/b6-4-,23-7-. The van der Waals surface area contributed by atoms with Gasteiger partial charge in [-0.15, -0.1) is 0 Å². The molecule has 2 saturated carbocycles. The van der Waals surface area contributed by atoms with Gasteiger partial charge in [-0.3, -0.25) is 0 Å². The number of amidine groups is 1. The Hall–Kier alpha value is -2.14. The summed E-state index contributed by atoms with van der Waals surface area (Å²) in [6.07, 6.45) is 15.4. The fraction of sp³-hybridized carbons (Fsp3) is 0.583. The van der Waals surface area contributed by atoms with Crippen molar-refractivity contribution in [2.24, 2.45) is 16.1 Å². The lowest BCUT2D eigenvalue weighted by molar-refractivity contribution is 0.161. The first-order chi connectivity index (χ1) is 14.0. The molecule has 2 aliphatic heterocycles. The van der Waals surface area contributed by atoms with Gasteiger partial charge in [-0.2, -0.15) is 0 Å². The predicted octanol–water partition coefficient (Wildman–Crippen LogP) is 4.80. The van der Waals surface area contributed by atoms with Crippen molar-refractivity contribution < 1.29 is 0 Å². The van der Waals surface area contributed by atoms with Gasteiger partial charge in [-0.1, -0.05) is 13.0 Å². The van der Waals surface area contributed by atoms with E-state index in [1.165, 1.54) is 31.2 Å². The van der Waals surface area contributed by atoms with Crippen LogP contribution in [-0.2, 0) is 0 Å². The molecule has 4 fully saturated rings. The van der Waals surface area contributed by atoms with Crippen LogP contribution in [0.4, 0.5) is 5.82 Å². The second-order valence-electron chi connectivity index (χ2n) is 9.21. The van der Waals surface area contributed by atoms with Gasteiger partial charge in [-0.25, -0.2) is 9.98 Å². The Morgan fingerprint density at radius 2 is 2.24 bits per heavy atom. The Morgan fingerprint density at radius 3 is 2.90 bits per heavy atom. The van der Waals surface area contributed by atoms with E-state index in [4.69, 9.17) is 10.7 Å². The van der Waals surface area contributed by atoms with E-state index in [9.17, 15) is 0 Å². The number of aromatic nitrogens is 1. The van der Waals surface area contributed by atoms with Gasteiger partial charge in [0.05, 0.1) is 0 Å². The van der Waals surface area contributed by atoms with Crippen molar-refractivity contribution in [2.75, 3.05) is 11.9 Å². The van der Waals surface area contributed by atoms with E-state index < -0.39 is 0 Å². The number of nitrogens with one attached hydrogen (secondary N) is 1. The van der Waals surface area contributed by atoms with E-state index in [-0.39, 0.29) is 6.04 Å². The van der Waals surface area contributed by atoms with Crippen LogP contribution in [-0.4, -0.2) is 34.3 Å². The van der Waals surface area contributed by atoms with Crippen molar-refractivity contribution in [2.45, 2.75) is 77.3 Å². The molecule has 5 rings (SSSR count). The average Bonchev–Trinajstić information content (AvgIpc) is 3.36. The zero-order valence-electron chi connectivity index (χ0n) is 18.1. The Bertz CT molecular complexity index is 812. The number of allylic oxidation sites excluding steroid dienone is 2. The summed E-state index contributed by atoms with van der Waals surface area (Å²) in [6, 6.07) is 5.18. The number of fused-ring (bicyclic) bond motifs is 1. The fourth-order valence-corrected chi connectivity index (χ4v) is 5.08. The third-order valence-electron chi connectivity index (χ3n) is 6.37. The number of nitrogens with zero attached hydrogens (tertiary/aromatic N) is 3. The predicted molar refractivity (Wildman–Crippen MR) is 121 cm³/mol.